The first kappa shape index (κ1) is 19.4. The van der Waals surface area contributed by atoms with E-state index in [2.05, 4.69) is 5.32 Å². The highest BCUT2D eigenvalue weighted by Gasteiger charge is 2.25. The molecule has 0 unspecified atom stereocenters. The molecule has 1 aromatic heterocycles. The number of benzene rings is 1. The summed E-state index contributed by atoms with van der Waals surface area (Å²) in [5.74, 6) is 1.17. The average molecular weight is 388 g/mol. The lowest BCUT2D eigenvalue weighted by Crippen LogP contribution is -2.35. The van der Waals surface area contributed by atoms with Crippen molar-refractivity contribution in [1.82, 2.24) is 9.62 Å². The van der Waals surface area contributed by atoms with Gasteiger partial charge < -0.3 is 9.73 Å². The lowest BCUT2D eigenvalue weighted by Gasteiger charge is -2.25. The number of nitrogens with zero attached hydrogens (tertiary/aromatic N) is 1. The fraction of sp³-hybridized carbons (Fsp3) is 0.350. The first-order valence-corrected chi connectivity index (χ1v) is 10.5. The van der Waals surface area contributed by atoms with Crippen LogP contribution in [-0.2, 0) is 21.4 Å². The SMILES string of the molecule is Cc1ccc(/C=C/C(=O)NCc2ccc(S(=O)(=O)N3CCCCC3)cc2)o1. The Morgan fingerprint density at radius 2 is 1.81 bits per heavy atom. The topological polar surface area (TPSA) is 79.6 Å². The molecule has 2 heterocycles. The first-order chi connectivity index (χ1) is 12.9. The summed E-state index contributed by atoms with van der Waals surface area (Å²) in [5.41, 5.74) is 0.836. The number of carbonyl (C=O) groups excluding carboxylic acids is 1. The summed E-state index contributed by atoms with van der Waals surface area (Å²) in [5, 5.41) is 2.77. The number of hydrogen-bond donors (Lipinski definition) is 1. The zero-order valence-electron chi connectivity index (χ0n) is 15.3. The second-order valence-corrected chi connectivity index (χ2v) is 8.55. The van der Waals surface area contributed by atoms with Gasteiger partial charge in [-0.05, 0) is 55.7 Å². The summed E-state index contributed by atoms with van der Waals surface area (Å²) >= 11 is 0. The fourth-order valence-electron chi connectivity index (χ4n) is 2.98. The standard InChI is InChI=1S/C20H24N2O4S/c1-16-5-8-18(26-16)9-12-20(23)21-15-17-6-10-19(11-7-17)27(24,25)22-13-3-2-4-14-22/h5-12H,2-4,13-15H2,1H3,(H,21,23)/b12-9+. The van der Waals surface area contributed by atoms with Crippen molar-refractivity contribution in [2.24, 2.45) is 0 Å². The van der Waals surface area contributed by atoms with Gasteiger partial charge in [0.05, 0.1) is 4.90 Å². The lowest BCUT2D eigenvalue weighted by molar-refractivity contribution is -0.116. The van der Waals surface area contributed by atoms with Gasteiger partial charge in [-0.1, -0.05) is 18.6 Å². The van der Waals surface area contributed by atoms with E-state index in [9.17, 15) is 13.2 Å². The molecule has 0 radical (unpaired) electrons. The molecule has 0 bridgehead atoms. The van der Waals surface area contributed by atoms with E-state index < -0.39 is 10.0 Å². The number of furan rings is 1. The van der Waals surface area contributed by atoms with Crippen molar-refractivity contribution in [3.05, 3.63) is 59.6 Å². The van der Waals surface area contributed by atoms with Crippen LogP contribution in [0.15, 0.2) is 51.8 Å². The monoisotopic (exact) mass is 388 g/mol. The van der Waals surface area contributed by atoms with Crippen molar-refractivity contribution >= 4 is 22.0 Å². The van der Waals surface area contributed by atoms with E-state index in [0.29, 0.717) is 30.3 Å². The summed E-state index contributed by atoms with van der Waals surface area (Å²) in [4.78, 5) is 12.2. The van der Waals surface area contributed by atoms with Gasteiger partial charge in [0.15, 0.2) is 0 Å². The Morgan fingerprint density at radius 1 is 1.11 bits per heavy atom. The molecule has 2 aromatic rings. The lowest BCUT2D eigenvalue weighted by atomic mass is 10.2. The van der Waals surface area contributed by atoms with Gasteiger partial charge in [0.25, 0.3) is 0 Å². The quantitative estimate of drug-likeness (QED) is 0.771. The highest BCUT2D eigenvalue weighted by atomic mass is 32.2. The van der Waals surface area contributed by atoms with Crippen LogP contribution in [0.3, 0.4) is 0 Å². The van der Waals surface area contributed by atoms with E-state index in [-0.39, 0.29) is 5.91 Å². The third kappa shape index (κ3) is 5.08. The van der Waals surface area contributed by atoms with Crippen LogP contribution >= 0.6 is 0 Å². The van der Waals surface area contributed by atoms with Crippen LogP contribution in [0, 0.1) is 6.92 Å². The van der Waals surface area contributed by atoms with Gasteiger partial charge in [-0.3, -0.25) is 4.79 Å². The number of sulfonamides is 1. The van der Waals surface area contributed by atoms with Crippen LogP contribution in [0.2, 0.25) is 0 Å². The van der Waals surface area contributed by atoms with Crippen LogP contribution < -0.4 is 5.32 Å². The Morgan fingerprint density at radius 3 is 2.44 bits per heavy atom. The predicted octanol–water partition coefficient (Wildman–Crippen LogP) is 3.09. The summed E-state index contributed by atoms with van der Waals surface area (Å²) in [6.45, 7) is 3.33. The molecule has 1 aromatic carbocycles. The number of hydrogen-bond acceptors (Lipinski definition) is 4. The molecule has 0 spiro atoms. The minimum atomic E-state index is -3.42. The molecular weight excluding hydrogens is 364 g/mol. The second kappa shape index (κ2) is 8.54. The predicted molar refractivity (Wildman–Crippen MR) is 103 cm³/mol. The van der Waals surface area contributed by atoms with Crippen LogP contribution in [0.25, 0.3) is 6.08 Å². The zero-order chi connectivity index (χ0) is 19.3. The summed E-state index contributed by atoms with van der Waals surface area (Å²) in [6, 6.07) is 10.3. The third-order valence-corrected chi connectivity index (χ3v) is 6.42. The minimum absolute atomic E-state index is 0.242. The molecule has 0 aliphatic carbocycles. The Balaban J connectivity index is 1.55. The van der Waals surface area contributed by atoms with E-state index in [1.807, 2.05) is 13.0 Å². The maximum Gasteiger partial charge on any atom is 0.244 e. The van der Waals surface area contributed by atoms with Crippen molar-refractivity contribution in [2.75, 3.05) is 13.1 Å². The first-order valence-electron chi connectivity index (χ1n) is 9.06. The largest absolute Gasteiger partial charge is 0.462 e. The molecule has 1 aliphatic heterocycles. The minimum Gasteiger partial charge on any atom is -0.462 e. The maximum absolute atomic E-state index is 12.6. The molecule has 6 nitrogen and oxygen atoms in total. The molecular formula is C20H24N2O4S. The van der Waals surface area contributed by atoms with Crippen LogP contribution in [0.5, 0.6) is 0 Å². The van der Waals surface area contributed by atoms with Gasteiger partial charge in [0, 0.05) is 25.7 Å². The number of rotatable bonds is 6. The normalized spacial score (nSPS) is 15.9. The van der Waals surface area contributed by atoms with Gasteiger partial charge in [-0.25, -0.2) is 8.42 Å². The van der Waals surface area contributed by atoms with E-state index in [1.165, 1.54) is 6.08 Å². The molecule has 3 rings (SSSR count). The van der Waals surface area contributed by atoms with Crippen molar-refractivity contribution < 1.29 is 17.6 Å². The highest BCUT2D eigenvalue weighted by molar-refractivity contribution is 7.89. The van der Waals surface area contributed by atoms with Gasteiger partial charge in [-0.2, -0.15) is 4.31 Å². The molecule has 1 aliphatic rings. The Bertz CT molecular complexity index is 908. The maximum atomic E-state index is 12.6. The molecule has 144 valence electrons. The zero-order valence-corrected chi connectivity index (χ0v) is 16.2. The van der Waals surface area contributed by atoms with E-state index >= 15 is 0 Å². The summed E-state index contributed by atoms with van der Waals surface area (Å²) < 4.78 is 32.2. The van der Waals surface area contributed by atoms with Crippen LogP contribution in [0.4, 0.5) is 0 Å². The van der Waals surface area contributed by atoms with Gasteiger partial charge in [-0.15, -0.1) is 0 Å². The van der Waals surface area contributed by atoms with E-state index in [4.69, 9.17) is 4.42 Å². The molecule has 1 fully saturated rings. The highest BCUT2D eigenvalue weighted by Crippen LogP contribution is 2.20. The molecule has 7 heteroatoms. The van der Waals surface area contributed by atoms with Gasteiger partial charge >= 0.3 is 0 Å². The van der Waals surface area contributed by atoms with Crippen LogP contribution in [-0.4, -0.2) is 31.7 Å². The number of aryl methyl sites for hydroxylation is 1. The van der Waals surface area contributed by atoms with Crippen LogP contribution in [0.1, 0.15) is 36.3 Å². The number of nitrogens with one attached hydrogen (secondary N) is 1. The van der Waals surface area contributed by atoms with Gasteiger partial charge in [0.1, 0.15) is 11.5 Å². The number of piperidine rings is 1. The Kier molecular flexibility index (Phi) is 6.13. The second-order valence-electron chi connectivity index (χ2n) is 6.61. The third-order valence-electron chi connectivity index (χ3n) is 4.50. The fourth-order valence-corrected chi connectivity index (χ4v) is 4.50. The van der Waals surface area contributed by atoms with Gasteiger partial charge in [0.2, 0.25) is 15.9 Å². The molecule has 27 heavy (non-hydrogen) atoms. The number of carbonyl (C=O) groups is 1. The van der Waals surface area contributed by atoms with Crippen molar-refractivity contribution in [2.45, 2.75) is 37.6 Å². The average Bonchev–Trinajstić information content (AvgIpc) is 3.11. The summed E-state index contributed by atoms with van der Waals surface area (Å²) in [6.07, 6.45) is 5.92. The molecule has 1 N–H and O–H groups in total. The molecule has 0 atom stereocenters. The number of amides is 1. The summed E-state index contributed by atoms with van der Waals surface area (Å²) in [7, 11) is -3.42. The van der Waals surface area contributed by atoms with Crippen molar-refractivity contribution in [3.8, 4) is 0 Å². The van der Waals surface area contributed by atoms with E-state index in [1.54, 1.807) is 40.7 Å². The Labute approximate surface area is 159 Å². The smallest absolute Gasteiger partial charge is 0.244 e. The van der Waals surface area contributed by atoms with Crippen molar-refractivity contribution in [3.63, 3.8) is 0 Å². The van der Waals surface area contributed by atoms with E-state index in [0.717, 1.165) is 30.6 Å². The molecule has 0 saturated carbocycles. The molecule has 1 saturated heterocycles. The van der Waals surface area contributed by atoms with Crippen molar-refractivity contribution in [1.29, 1.82) is 0 Å². The molecule has 1 amide bonds. The Hall–Kier alpha value is -2.38.